The third-order valence-electron chi connectivity index (χ3n) is 3.95. The minimum Gasteiger partial charge on any atom is -0.333 e. The Kier molecular flexibility index (Phi) is 4.12. The first kappa shape index (κ1) is 15.6. The van der Waals surface area contributed by atoms with Crippen LogP contribution in [0.15, 0.2) is 6.07 Å². The van der Waals surface area contributed by atoms with Gasteiger partial charge in [0.05, 0.1) is 5.69 Å². The van der Waals surface area contributed by atoms with Crippen molar-refractivity contribution in [2.45, 2.75) is 26.8 Å². The fourth-order valence-electron chi connectivity index (χ4n) is 2.69. The van der Waals surface area contributed by atoms with Gasteiger partial charge >= 0.3 is 0 Å². The SMILES string of the molecule is Cc1cc(C(=O)N2CCN(C(=O)c3snnc3C)[C@H](C)C2)n[nH]1. The van der Waals surface area contributed by atoms with Crippen molar-refractivity contribution in [2.75, 3.05) is 19.6 Å². The molecule has 2 amide bonds. The van der Waals surface area contributed by atoms with E-state index in [0.29, 0.717) is 35.9 Å². The van der Waals surface area contributed by atoms with Crippen LogP contribution in [0.1, 0.15) is 38.5 Å². The molecule has 3 rings (SSSR count). The summed E-state index contributed by atoms with van der Waals surface area (Å²) in [5.74, 6) is -0.170. The molecule has 0 aromatic carbocycles. The van der Waals surface area contributed by atoms with E-state index in [4.69, 9.17) is 0 Å². The topological polar surface area (TPSA) is 95.1 Å². The Labute approximate surface area is 137 Å². The smallest absolute Gasteiger partial charge is 0.274 e. The van der Waals surface area contributed by atoms with Crippen molar-refractivity contribution in [3.63, 3.8) is 0 Å². The van der Waals surface area contributed by atoms with E-state index >= 15 is 0 Å². The highest BCUT2D eigenvalue weighted by atomic mass is 32.1. The number of aromatic nitrogens is 4. The van der Waals surface area contributed by atoms with Gasteiger partial charge in [-0.1, -0.05) is 4.49 Å². The lowest BCUT2D eigenvalue weighted by molar-refractivity contribution is 0.0414. The van der Waals surface area contributed by atoms with Crippen LogP contribution in [0.3, 0.4) is 0 Å². The number of nitrogens with one attached hydrogen (secondary N) is 1. The summed E-state index contributed by atoms with van der Waals surface area (Å²) in [6.45, 7) is 7.05. The minimum absolute atomic E-state index is 0.0623. The van der Waals surface area contributed by atoms with Gasteiger partial charge in [-0.3, -0.25) is 14.7 Å². The Hall–Kier alpha value is -2.29. The van der Waals surface area contributed by atoms with Crippen LogP contribution in [0.25, 0.3) is 0 Å². The van der Waals surface area contributed by atoms with E-state index in [1.54, 1.807) is 22.8 Å². The summed E-state index contributed by atoms with van der Waals surface area (Å²) in [7, 11) is 0. The van der Waals surface area contributed by atoms with Crippen LogP contribution in [0.2, 0.25) is 0 Å². The Morgan fingerprint density at radius 2 is 2.09 bits per heavy atom. The van der Waals surface area contributed by atoms with Crippen LogP contribution in [0.5, 0.6) is 0 Å². The van der Waals surface area contributed by atoms with E-state index in [9.17, 15) is 9.59 Å². The van der Waals surface area contributed by atoms with Crippen LogP contribution < -0.4 is 0 Å². The minimum atomic E-state index is -0.107. The zero-order valence-corrected chi connectivity index (χ0v) is 14.1. The van der Waals surface area contributed by atoms with Gasteiger partial charge < -0.3 is 9.80 Å². The standard InChI is InChI=1S/C14H18N6O2S/c1-8-6-11(17-15-8)13(21)19-4-5-20(9(2)7-19)14(22)12-10(3)16-18-23-12/h6,9H,4-5,7H2,1-3H3,(H,15,17)/t9-/m1/s1. The zero-order chi connectivity index (χ0) is 16.6. The maximum absolute atomic E-state index is 12.6. The Morgan fingerprint density at radius 1 is 1.30 bits per heavy atom. The number of rotatable bonds is 2. The largest absolute Gasteiger partial charge is 0.333 e. The quantitative estimate of drug-likeness (QED) is 0.879. The lowest BCUT2D eigenvalue weighted by Crippen LogP contribution is -2.55. The van der Waals surface area contributed by atoms with Crippen LogP contribution >= 0.6 is 11.5 Å². The highest BCUT2D eigenvalue weighted by Crippen LogP contribution is 2.19. The molecule has 2 aromatic rings. The number of piperazine rings is 1. The molecule has 1 saturated heterocycles. The molecule has 122 valence electrons. The summed E-state index contributed by atoms with van der Waals surface area (Å²) >= 11 is 1.11. The average molecular weight is 334 g/mol. The molecule has 0 bridgehead atoms. The number of nitrogens with zero attached hydrogens (tertiary/aromatic N) is 5. The molecule has 3 heterocycles. The normalized spacial score (nSPS) is 18.3. The van der Waals surface area contributed by atoms with Gasteiger partial charge in [-0.15, -0.1) is 5.10 Å². The van der Waals surface area contributed by atoms with E-state index in [1.807, 2.05) is 13.8 Å². The second kappa shape index (κ2) is 6.07. The zero-order valence-electron chi connectivity index (χ0n) is 13.2. The third kappa shape index (κ3) is 2.96. The lowest BCUT2D eigenvalue weighted by Gasteiger charge is -2.39. The van der Waals surface area contributed by atoms with Crippen molar-refractivity contribution < 1.29 is 9.59 Å². The average Bonchev–Trinajstić information content (AvgIpc) is 3.14. The molecule has 0 radical (unpaired) electrons. The monoisotopic (exact) mass is 334 g/mol. The molecule has 1 aliphatic heterocycles. The molecule has 9 heteroatoms. The predicted octanol–water partition coefficient (Wildman–Crippen LogP) is 0.865. The van der Waals surface area contributed by atoms with Gasteiger partial charge in [-0.25, -0.2) is 0 Å². The third-order valence-corrected chi connectivity index (χ3v) is 4.76. The molecular formula is C14H18N6O2S. The van der Waals surface area contributed by atoms with Crippen LogP contribution in [-0.4, -0.2) is 67.1 Å². The van der Waals surface area contributed by atoms with Crippen molar-refractivity contribution in [3.05, 3.63) is 28.0 Å². The van der Waals surface area contributed by atoms with E-state index in [0.717, 1.165) is 17.2 Å². The van der Waals surface area contributed by atoms with E-state index < -0.39 is 0 Å². The number of carbonyl (C=O) groups is 2. The Balaban J connectivity index is 1.69. The second-order valence-electron chi connectivity index (χ2n) is 5.72. The highest BCUT2D eigenvalue weighted by Gasteiger charge is 2.32. The molecule has 2 aromatic heterocycles. The molecule has 0 saturated carbocycles. The summed E-state index contributed by atoms with van der Waals surface area (Å²) in [6, 6.07) is 1.67. The first-order valence-electron chi connectivity index (χ1n) is 7.38. The van der Waals surface area contributed by atoms with E-state index in [1.165, 1.54) is 0 Å². The van der Waals surface area contributed by atoms with Gasteiger partial charge in [0.15, 0.2) is 0 Å². The molecule has 8 nitrogen and oxygen atoms in total. The molecule has 1 atom stereocenters. The summed E-state index contributed by atoms with van der Waals surface area (Å²) in [6.07, 6.45) is 0. The van der Waals surface area contributed by atoms with Gasteiger partial charge in [-0.2, -0.15) is 5.10 Å². The molecule has 0 unspecified atom stereocenters. The molecule has 23 heavy (non-hydrogen) atoms. The molecule has 1 N–H and O–H groups in total. The first-order valence-corrected chi connectivity index (χ1v) is 8.16. The van der Waals surface area contributed by atoms with Gasteiger partial charge in [0, 0.05) is 31.4 Å². The second-order valence-corrected chi connectivity index (χ2v) is 6.48. The van der Waals surface area contributed by atoms with Crippen molar-refractivity contribution in [1.82, 2.24) is 29.6 Å². The summed E-state index contributed by atoms with van der Waals surface area (Å²) in [5.41, 5.74) is 1.91. The van der Waals surface area contributed by atoms with Gasteiger partial charge in [0.1, 0.15) is 10.6 Å². The molecule has 0 spiro atoms. The predicted molar refractivity (Wildman–Crippen MR) is 84.4 cm³/mol. The summed E-state index contributed by atoms with van der Waals surface area (Å²) in [4.78, 5) is 29.1. The summed E-state index contributed by atoms with van der Waals surface area (Å²) < 4.78 is 3.82. The number of hydrogen-bond donors (Lipinski definition) is 1. The number of H-pyrrole nitrogens is 1. The number of hydrogen-bond acceptors (Lipinski definition) is 6. The maximum atomic E-state index is 12.6. The first-order chi connectivity index (χ1) is 11.0. The van der Waals surface area contributed by atoms with Crippen LogP contribution in [-0.2, 0) is 0 Å². The number of amides is 2. The molecule has 1 fully saturated rings. The fourth-order valence-corrected chi connectivity index (χ4v) is 3.30. The maximum Gasteiger partial charge on any atom is 0.274 e. The van der Waals surface area contributed by atoms with Crippen molar-refractivity contribution in [2.24, 2.45) is 0 Å². The number of aromatic amines is 1. The van der Waals surface area contributed by atoms with E-state index in [-0.39, 0.29) is 17.9 Å². The highest BCUT2D eigenvalue weighted by molar-refractivity contribution is 7.07. The Bertz CT molecular complexity index is 739. The number of aryl methyl sites for hydroxylation is 2. The van der Waals surface area contributed by atoms with Crippen LogP contribution in [0, 0.1) is 13.8 Å². The van der Waals surface area contributed by atoms with Crippen molar-refractivity contribution in [3.8, 4) is 0 Å². The van der Waals surface area contributed by atoms with Gasteiger partial charge in [0.2, 0.25) is 0 Å². The molecule has 0 aliphatic carbocycles. The van der Waals surface area contributed by atoms with Gasteiger partial charge in [0.25, 0.3) is 11.8 Å². The van der Waals surface area contributed by atoms with Crippen molar-refractivity contribution in [1.29, 1.82) is 0 Å². The Morgan fingerprint density at radius 3 is 2.65 bits per heavy atom. The van der Waals surface area contributed by atoms with Crippen LogP contribution in [0.4, 0.5) is 0 Å². The van der Waals surface area contributed by atoms with Crippen molar-refractivity contribution >= 4 is 23.3 Å². The number of carbonyl (C=O) groups excluding carboxylic acids is 2. The van der Waals surface area contributed by atoms with Gasteiger partial charge in [-0.05, 0) is 38.4 Å². The fraction of sp³-hybridized carbons (Fsp3) is 0.500. The molecular weight excluding hydrogens is 316 g/mol. The summed E-state index contributed by atoms with van der Waals surface area (Å²) in [5, 5.41) is 10.7. The van der Waals surface area contributed by atoms with E-state index in [2.05, 4.69) is 19.8 Å². The lowest BCUT2D eigenvalue weighted by atomic mass is 10.1. The molecule has 1 aliphatic rings.